The van der Waals surface area contributed by atoms with Gasteiger partial charge in [0.25, 0.3) is 5.56 Å². The molecule has 0 saturated heterocycles. The highest BCUT2D eigenvalue weighted by atomic mass is 16.5. The fourth-order valence-corrected chi connectivity index (χ4v) is 0.966. The third kappa shape index (κ3) is 3.18. The van der Waals surface area contributed by atoms with Gasteiger partial charge in [0.1, 0.15) is 5.82 Å². The number of nitrogens with one attached hydrogen (secondary N) is 1. The number of aliphatic hydroxyl groups is 1. The SMILES string of the molecule is CCc1nc(OCCCO)cc(=O)[nH]1. The van der Waals surface area contributed by atoms with Crippen LogP contribution >= 0.6 is 0 Å². The Hall–Kier alpha value is -1.36. The van der Waals surface area contributed by atoms with Crippen LogP contribution in [0.15, 0.2) is 10.9 Å². The Kier molecular flexibility index (Phi) is 4.12. The highest BCUT2D eigenvalue weighted by Crippen LogP contribution is 2.02. The highest BCUT2D eigenvalue weighted by Gasteiger charge is 1.99. The lowest BCUT2D eigenvalue weighted by molar-refractivity contribution is 0.228. The lowest BCUT2D eigenvalue weighted by Gasteiger charge is -2.04. The molecule has 1 heterocycles. The monoisotopic (exact) mass is 198 g/mol. The van der Waals surface area contributed by atoms with E-state index in [4.69, 9.17) is 9.84 Å². The molecular weight excluding hydrogens is 184 g/mol. The molecule has 0 aliphatic heterocycles. The first-order valence-corrected chi connectivity index (χ1v) is 4.60. The van der Waals surface area contributed by atoms with Gasteiger partial charge in [-0.3, -0.25) is 4.79 Å². The molecule has 0 saturated carbocycles. The van der Waals surface area contributed by atoms with E-state index in [9.17, 15) is 4.79 Å². The van der Waals surface area contributed by atoms with Crippen LogP contribution in [-0.4, -0.2) is 28.3 Å². The van der Waals surface area contributed by atoms with Crippen LogP contribution in [0.25, 0.3) is 0 Å². The minimum absolute atomic E-state index is 0.0732. The summed E-state index contributed by atoms with van der Waals surface area (Å²) in [6.45, 7) is 2.34. The molecule has 0 amide bonds. The van der Waals surface area contributed by atoms with E-state index in [-0.39, 0.29) is 12.2 Å². The van der Waals surface area contributed by atoms with E-state index in [1.807, 2.05) is 6.92 Å². The van der Waals surface area contributed by atoms with E-state index in [2.05, 4.69) is 9.97 Å². The van der Waals surface area contributed by atoms with E-state index < -0.39 is 0 Å². The summed E-state index contributed by atoms with van der Waals surface area (Å²) in [6, 6.07) is 1.30. The largest absolute Gasteiger partial charge is 0.477 e. The predicted molar refractivity (Wildman–Crippen MR) is 51.4 cm³/mol. The minimum atomic E-state index is -0.212. The fraction of sp³-hybridized carbons (Fsp3) is 0.556. The summed E-state index contributed by atoms with van der Waals surface area (Å²) < 4.78 is 5.18. The zero-order valence-corrected chi connectivity index (χ0v) is 8.12. The molecule has 0 aliphatic carbocycles. The minimum Gasteiger partial charge on any atom is -0.477 e. The lowest BCUT2D eigenvalue weighted by Crippen LogP contribution is -2.12. The number of aromatic nitrogens is 2. The molecule has 0 radical (unpaired) electrons. The summed E-state index contributed by atoms with van der Waals surface area (Å²) in [5.74, 6) is 0.926. The van der Waals surface area contributed by atoms with Crippen LogP contribution in [0.2, 0.25) is 0 Å². The van der Waals surface area contributed by atoms with E-state index >= 15 is 0 Å². The van der Waals surface area contributed by atoms with Gasteiger partial charge in [-0.2, -0.15) is 0 Å². The second-order valence-electron chi connectivity index (χ2n) is 2.81. The van der Waals surface area contributed by atoms with Gasteiger partial charge in [0.2, 0.25) is 5.88 Å². The molecule has 2 N–H and O–H groups in total. The normalized spacial score (nSPS) is 10.1. The van der Waals surface area contributed by atoms with Gasteiger partial charge in [-0.1, -0.05) is 6.92 Å². The van der Waals surface area contributed by atoms with Crippen LogP contribution in [0, 0.1) is 0 Å². The molecule has 0 atom stereocenters. The molecule has 5 heteroatoms. The zero-order valence-electron chi connectivity index (χ0n) is 8.12. The fourth-order valence-electron chi connectivity index (χ4n) is 0.966. The number of hydrogen-bond acceptors (Lipinski definition) is 4. The number of hydrogen-bond donors (Lipinski definition) is 2. The molecule has 14 heavy (non-hydrogen) atoms. The van der Waals surface area contributed by atoms with Crippen LogP contribution in [0.3, 0.4) is 0 Å². The van der Waals surface area contributed by atoms with Gasteiger partial charge in [0, 0.05) is 19.4 Å². The zero-order chi connectivity index (χ0) is 10.4. The van der Waals surface area contributed by atoms with Crippen molar-refractivity contribution in [2.24, 2.45) is 0 Å². The number of aromatic amines is 1. The first-order valence-electron chi connectivity index (χ1n) is 4.60. The van der Waals surface area contributed by atoms with E-state index in [1.165, 1.54) is 6.07 Å². The molecule has 78 valence electrons. The molecule has 1 aromatic rings. The maximum absolute atomic E-state index is 11.1. The molecule has 5 nitrogen and oxygen atoms in total. The molecule has 0 spiro atoms. The molecule has 1 aromatic heterocycles. The molecule has 0 fully saturated rings. The number of H-pyrrole nitrogens is 1. The van der Waals surface area contributed by atoms with Gasteiger partial charge in [-0.05, 0) is 0 Å². The smallest absolute Gasteiger partial charge is 0.254 e. The van der Waals surface area contributed by atoms with Crippen LogP contribution in [0.4, 0.5) is 0 Å². The van der Waals surface area contributed by atoms with Gasteiger partial charge in [-0.25, -0.2) is 4.98 Å². The molecule has 0 unspecified atom stereocenters. The summed E-state index contributed by atoms with van der Waals surface area (Å²) in [5, 5.41) is 8.53. The Bertz CT molecular complexity index is 335. The topological polar surface area (TPSA) is 75.2 Å². The van der Waals surface area contributed by atoms with Crippen LogP contribution in [-0.2, 0) is 6.42 Å². The second-order valence-corrected chi connectivity index (χ2v) is 2.81. The average molecular weight is 198 g/mol. The molecule has 0 aromatic carbocycles. The van der Waals surface area contributed by atoms with Crippen molar-refractivity contribution < 1.29 is 9.84 Å². The van der Waals surface area contributed by atoms with Crippen molar-refractivity contribution in [1.29, 1.82) is 0 Å². The molecule has 0 aliphatic rings. The van der Waals surface area contributed by atoms with E-state index in [0.717, 1.165) is 0 Å². The lowest BCUT2D eigenvalue weighted by atomic mass is 10.4. The maximum Gasteiger partial charge on any atom is 0.254 e. The third-order valence-corrected chi connectivity index (χ3v) is 1.65. The summed E-state index contributed by atoms with van der Waals surface area (Å²) in [6.07, 6.45) is 1.20. The van der Waals surface area contributed by atoms with Crippen molar-refractivity contribution in [3.05, 3.63) is 22.2 Å². The van der Waals surface area contributed by atoms with Crippen molar-refractivity contribution >= 4 is 0 Å². The average Bonchev–Trinajstić information content (AvgIpc) is 2.17. The van der Waals surface area contributed by atoms with Gasteiger partial charge in [-0.15, -0.1) is 0 Å². The van der Waals surface area contributed by atoms with Crippen LogP contribution < -0.4 is 10.3 Å². The Labute approximate surface area is 81.8 Å². The van der Waals surface area contributed by atoms with Crippen molar-refractivity contribution in [1.82, 2.24) is 9.97 Å². The Morgan fingerprint density at radius 3 is 3.07 bits per heavy atom. The Morgan fingerprint density at radius 2 is 2.43 bits per heavy atom. The van der Waals surface area contributed by atoms with E-state index in [1.54, 1.807) is 0 Å². The van der Waals surface area contributed by atoms with Crippen LogP contribution in [0.1, 0.15) is 19.2 Å². The third-order valence-electron chi connectivity index (χ3n) is 1.65. The summed E-state index contributed by atoms with van der Waals surface area (Å²) >= 11 is 0. The number of aliphatic hydroxyl groups excluding tert-OH is 1. The highest BCUT2D eigenvalue weighted by molar-refractivity contribution is 5.08. The second kappa shape index (κ2) is 5.39. The summed E-state index contributed by atoms with van der Waals surface area (Å²) in [4.78, 5) is 17.7. The van der Waals surface area contributed by atoms with Gasteiger partial charge in [0.15, 0.2) is 0 Å². The van der Waals surface area contributed by atoms with Gasteiger partial charge >= 0.3 is 0 Å². The predicted octanol–water partition coefficient (Wildman–Crippen LogP) is 0.0935. The maximum atomic E-state index is 11.1. The standard InChI is InChI=1S/C9H14N2O3/c1-2-7-10-8(13)6-9(11-7)14-5-3-4-12/h6,12H,2-5H2,1H3,(H,10,11,13). The first kappa shape index (κ1) is 10.7. The number of aryl methyl sites for hydroxylation is 1. The van der Waals surface area contributed by atoms with Crippen molar-refractivity contribution in [2.45, 2.75) is 19.8 Å². The molecule has 0 bridgehead atoms. The first-order chi connectivity index (χ1) is 6.76. The molecular formula is C9H14N2O3. The Morgan fingerprint density at radius 1 is 1.64 bits per heavy atom. The van der Waals surface area contributed by atoms with Crippen molar-refractivity contribution in [3.8, 4) is 5.88 Å². The van der Waals surface area contributed by atoms with Crippen molar-refractivity contribution in [3.63, 3.8) is 0 Å². The quantitative estimate of drug-likeness (QED) is 0.658. The number of nitrogens with zero attached hydrogens (tertiary/aromatic N) is 1. The summed E-state index contributed by atoms with van der Waals surface area (Å²) in [5.41, 5.74) is -0.212. The van der Waals surface area contributed by atoms with Crippen molar-refractivity contribution in [2.75, 3.05) is 13.2 Å². The van der Waals surface area contributed by atoms with Gasteiger partial charge < -0.3 is 14.8 Å². The number of ether oxygens (including phenoxy) is 1. The van der Waals surface area contributed by atoms with Gasteiger partial charge in [0.05, 0.1) is 12.7 Å². The summed E-state index contributed by atoms with van der Waals surface area (Å²) in [7, 11) is 0. The van der Waals surface area contributed by atoms with Crippen LogP contribution in [0.5, 0.6) is 5.88 Å². The number of rotatable bonds is 5. The molecule has 1 rings (SSSR count). The van der Waals surface area contributed by atoms with E-state index in [0.29, 0.717) is 31.2 Å². The Balaban J connectivity index is 2.67.